The molecule has 1 fully saturated rings. The molecule has 1 aliphatic carbocycles. The van der Waals surface area contributed by atoms with Gasteiger partial charge in [-0.2, -0.15) is 0 Å². The Labute approximate surface area is 124 Å². The second-order valence-electron chi connectivity index (χ2n) is 5.03. The third kappa shape index (κ3) is 3.79. The Morgan fingerprint density at radius 3 is 2.70 bits per heavy atom. The van der Waals surface area contributed by atoms with Gasteiger partial charge in [0, 0.05) is 16.1 Å². The monoisotopic (exact) mass is 343 g/mol. The smallest absolute Gasteiger partial charge is 0.306 e. The van der Waals surface area contributed by atoms with Crippen LogP contribution in [0.2, 0.25) is 0 Å². The van der Waals surface area contributed by atoms with E-state index in [-0.39, 0.29) is 17.5 Å². The van der Waals surface area contributed by atoms with E-state index in [0.29, 0.717) is 17.3 Å². The zero-order valence-corrected chi connectivity index (χ0v) is 12.3. The van der Waals surface area contributed by atoms with Gasteiger partial charge in [-0.15, -0.1) is 0 Å². The van der Waals surface area contributed by atoms with Crippen LogP contribution in [-0.2, 0) is 4.79 Å². The molecule has 1 aromatic rings. The predicted molar refractivity (Wildman–Crippen MR) is 74.9 cm³/mol. The van der Waals surface area contributed by atoms with Gasteiger partial charge in [-0.3, -0.25) is 9.59 Å². The van der Waals surface area contributed by atoms with Crippen molar-refractivity contribution in [3.63, 3.8) is 0 Å². The molecule has 1 aliphatic rings. The molecule has 0 heterocycles. The number of carbonyl (C=O) groups is 2. The summed E-state index contributed by atoms with van der Waals surface area (Å²) in [7, 11) is 0. The van der Waals surface area contributed by atoms with Gasteiger partial charge >= 0.3 is 5.97 Å². The van der Waals surface area contributed by atoms with E-state index in [1.54, 1.807) is 0 Å². The maximum Gasteiger partial charge on any atom is 0.306 e. The van der Waals surface area contributed by atoms with Gasteiger partial charge in [-0.25, -0.2) is 4.39 Å². The van der Waals surface area contributed by atoms with E-state index < -0.39 is 17.7 Å². The highest BCUT2D eigenvalue weighted by molar-refractivity contribution is 9.10. The number of rotatable bonds is 3. The molecule has 0 saturated heterocycles. The molecular formula is C14H15BrFNO3. The Hall–Kier alpha value is -1.43. The van der Waals surface area contributed by atoms with E-state index in [9.17, 15) is 14.0 Å². The lowest BCUT2D eigenvalue weighted by molar-refractivity contribution is -0.143. The lowest BCUT2D eigenvalue weighted by Gasteiger charge is -2.27. The van der Waals surface area contributed by atoms with Gasteiger partial charge in [0.05, 0.1) is 5.92 Å². The Morgan fingerprint density at radius 2 is 2.05 bits per heavy atom. The lowest BCUT2D eigenvalue weighted by atomic mass is 9.85. The molecule has 6 heteroatoms. The van der Waals surface area contributed by atoms with Crippen molar-refractivity contribution in [3.05, 3.63) is 34.1 Å². The highest BCUT2D eigenvalue weighted by Crippen LogP contribution is 2.25. The molecule has 0 aliphatic heterocycles. The van der Waals surface area contributed by atoms with Crippen molar-refractivity contribution in [1.29, 1.82) is 0 Å². The molecule has 1 amide bonds. The summed E-state index contributed by atoms with van der Waals surface area (Å²) in [4.78, 5) is 23.0. The average molecular weight is 344 g/mol. The first-order valence-corrected chi connectivity index (χ1v) is 7.25. The summed E-state index contributed by atoms with van der Waals surface area (Å²) in [6.45, 7) is 0. The predicted octanol–water partition coefficient (Wildman–Crippen LogP) is 2.96. The van der Waals surface area contributed by atoms with Gasteiger partial charge in [0.1, 0.15) is 5.82 Å². The minimum absolute atomic E-state index is 0.167. The highest BCUT2D eigenvalue weighted by Gasteiger charge is 2.28. The number of nitrogens with one attached hydrogen (secondary N) is 1. The molecule has 20 heavy (non-hydrogen) atoms. The Balaban J connectivity index is 2.02. The summed E-state index contributed by atoms with van der Waals surface area (Å²) in [6, 6.07) is 3.81. The summed E-state index contributed by atoms with van der Waals surface area (Å²) in [6.07, 6.45) is 2.60. The quantitative estimate of drug-likeness (QED) is 0.886. The standard InChI is InChI=1S/C14H15BrFNO3/c15-10-4-9(5-11(16)7-10)13(18)17-12-3-1-2-8(6-12)14(19)20/h4-5,7-8,12H,1-3,6H2,(H,17,18)(H,19,20). The Kier molecular flexibility index (Phi) is 4.75. The second kappa shape index (κ2) is 6.35. The van der Waals surface area contributed by atoms with Gasteiger partial charge in [-0.05, 0) is 37.5 Å². The van der Waals surface area contributed by atoms with Gasteiger partial charge in [0.25, 0.3) is 5.91 Å². The first-order chi connectivity index (χ1) is 9.45. The SMILES string of the molecule is O=C(NC1CCCC(C(=O)O)C1)c1cc(F)cc(Br)c1. The lowest BCUT2D eigenvalue weighted by Crippen LogP contribution is -2.40. The van der Waals surface area contributed by atoms with E-state index in [4.69, 9.17) is 5.11 Å². The molecule has 0 aromatic heterocycles. The molecule has 4 nitrogen and oxygen atoms in total. The van der Waals surface area contributed by atoms with Crippen LogP contribution in [0.3, 0.4) is 0 Å². The van der Waals surface area contributed by atoms with Crippen molar-refractivity contribution in [2.75, 3.05) is 0 Å². The van der Waals surface area contributed by atoms with Crippen molar-refractivity contribution in [2.24, 2.45) is 5.92 Å². The molecule has 1 saturated carbocycles. The second-order valence-corrected chi connectivity index (χ2v) is 5.95. The third-order valence-electron chi connectivity index (χ3n) is 3.48. The third-order valence-corrected chi connectivity index (χ3v) is 3.94. The first kappa shape index (κ1) is 15.0. The number of hydrogen-bond donors (Lipinski definition) is 2. The van der Waals surface area contributed by atoms with Crippen molar-refractivity contribution in [1.82, 2.24) is 5.32 Å². The van der Waals surface area contributed by atoms with Crippen LogP contribution >= 0.6 is 15.9 Å². The largest absolute Gasteiger partial charge is 0.481 e. The van der Waals surface area contributed by atoms with Gasteiger partial charge < -0.3 is 10.4 Å². The molecule has 0 spiro atoms. The summed E-state index contributed by atoms with van der Waals surface area (Å²) >= 11 is 3.14. The Bertz CT molecular complexity index is 515. The number of aliphatic carboxylic acids is 1. The molecule has 2 atom stereocenters. The number of hydrogen-bond acceptors (Lipinski definition) is 2. The van der Waals surface area contributed by atoms with Crippen LogP contribution < -0.4 is 5.32 Å². The van der Waals surface area contributed by atoms with Crippen LogP contribution in [0.5, 0.6) is 0 Å². The molecular weight excluding hydrogens is 329 g/mol. The summed E-state index contributed by atoms with van der Waals surface area (Å²) in [5.41, 5.74) is 0.231. The highest BCUT2D eigenvalue weighted by atomic mass is 79.9. The number of carbonyl (C=O) groups excluding carboxylic acids is 1. The van der Waals surface area contributed by atoms with E-state index in [1.165, 1.54) is 12.1 Å². The van der Waals surface area contributed by atoms with Crippen LogP contribution in [0.1, 0.15) is 36.0 Å². The van der Waals surface area contributed by atoms with Crippen LogP contribution in [0.25, 0.3) is 0 Å². The topological polar surface area (TPSA) is 66.4 Å². The van der Waals surface area contributed by atoms with E-state index >= 15 is 0 Å². The molecule has 2 unspecified atom stereocenters. The molecule has 1 aromatic carbocycles. The molecule has 108 valence electrons. The minimum Gasteiger partial charge on any atom is -0.481 e. The van der Waals surface area contributed by atoms with E-state index in [2.05, 4.69) is 21.2 Å². The van der Waals surface area contributed by atoms with Gasteiger partial charge in [-0.1, -0.05) is 22.4 Å². The summed E-state index contributed by atoms with van der Waals surface area (Å²) < 4.78 is 13.7. The van der Waals surface area contributed by atoms with Crippen LogP contribution in [0.4, 0.5) is 4.39 Å². The number of amides is 1. The average Bonchev–Trinajstić information content (AvgIpc) is 2.37. The maximum atomic E-state index is 13.2. The van der Waals surface area contributed by atoms with Crippen molar-refractivity contribution in [3.8, 4) is 0 Å². The van der Waals surface area contributed by atoms with Gasteiger partial charge in [0.15, 0.2) is 0 Å². The van der Waals surface area contributed by atoms with E-state index in [0.717, 1.165) is 18.9 Å². The van der Waals surface area contributed by atoms with Crippen LogP contribution in [-0.4, -0.2) is 23.0 Å². The normalized spacial score (nSPS) is 22.3. The van der Waals surface area contributed by atoms with Crippen molar-refractivity contribution < 1.29 is 19.1 Å². The summed E-state index contributed by atoms with van der Waals surface area (Å²) in [5, 5.41) is 11.8. The van der Waals surface area contributed by atoms with Gasteiger partial charge in [0.2, 0.25) is 0 Å². The molecule has 0 bridgehead atoms. The van der Waals surface area contributed by atoms with E-state index in [1.807, 2.05) is 0 Å². The number of halogens is 2. The van der Waals surface area contributed by atoms with Crippen molar-refractivity contribution >= 4 is 27.8 Å². The fraction of sp³-hybridized carbons (Fsp3) is 0.429. The minimum atomic E-state index is -0.822. The molecule has 2 N–H and O–H groups in total. The van der Waals surface area contributed by atoms with Crippen molar-refractivity contribution in [2.45, 2.75) is 31.7 Å². The number of carboxylic acid groups (broad SMARTS) is 1. The van der Waals surface area contributed by atoms with Crippen LogP contribution in [0, 0.1) is 11.7 Å². The number of benzene rings is 1. The fourth-order valence-electron chi connectivity index (χ4n) is 2.50. The molecule has 0 radical (unpaired) electrons. The molecule has 2 rings (SSSR count). The maximum absolute atomic E-state index is 13.2. The number of carboxylic acids is 1. The Morgan fingerprint density at radius 1 is 1.30 bits per heavy atom. The fourth-order valence-corrected chi connectivity index (χ4v) is 2.96. The summed E-state index contributed by atoms with van der Waals surface area (Å²) in [5.74, 6) is -2.09. The first-order valence-electron chi connectivity index (χ1n) is 6.45. The zero-order chi connectivity index (χ0) is 14.7. The zero-order valence-electron chi connectivity index (χ0n) is 10.7. The van der Waals surface area contributed by atoms with Crippen LogP contribution in [0.15, 0.2) is 22.7 Å².